The van der Waals surface area contributed by atoms with Crippen molar-refractivity contribution in [2.75, 3.05) is 26.2 Å². The number of pyridine rings is 2. The van der Waals surface area contributed by atoms with Crippen molar-refractivity contribution in [2.24, 2.45) is 0 Å². The van der Waals surface area contributed by atoms with Crippen molar-refractivity contribution in [2.45, 2.75) is 64.0 Å². The second kappa shape index (κ2) is 10.9. The van der Waals surface area contributed by atoms with Crippen LogP contribution < -0.4 is 5.32 Å². The molecule has 0 atom stereocenters. The highest BCUT2D eigenvalue weighted by Crippen LogP contribution is 2.38. The van der Waals surface area contributed by atoms with Crippen LogP contribution in [0.4, 0.5) is 0 Å². The van der Waals surface area contributed by atoms with Gasteiger partial charge in [-0.05, 0) is 56.0 Å². The van der Waals surface area contributed by atoms with Gasteiger partial charge in [0.25, 0.3) is 5.91 Å². The summed E-state index contributed by atoms with van der Waals surface area (Å²) in [7, 11) is 0. The molecule has 0 unspecified atom stereocenters. The highest BCUT2D eigenvalue weighted by atomic mass is 16.2. The molecular weight excluding hydrogens is 414 g/mol. The van der Waals surface area contributed by atoms with E-state index in [1.807, 2.05) is 30.3 Å². The number of nitrogens with zero attached hydrogens (tertiary/aromatic N) is 4. The molecule has 2 fully saturated rings. The zero-order valence-corrected chi connectivity index (χ0v) is 19.6. The number of carbonyl (C=O) groups is 2. The fraction of sp³-hybridized carbons (Fsp3) is 0.538. The van der Waals surface area contributed by atoms with E-state index < -0.39 is 0 Å². The largest absolute Gasteiger partial charge is 0.354 e. The van der Waals surface area contributed by atoms with Crippen LogP contribution in [-0.4, -0.2) is 63.3 Å². The predicted molar refractivity (Wildman–Crippen MR) is 128 cm³/mol. The van der Waals surface area contributed by atoms with Crippen LogP contribution in [0.15, 0.2) is 42.9 Å². The third-order valence-electron chi connectivity index (χ3n) is 7.15. The van der Waals surface area contributed by atoms with Gasteiger partial charge in [0.15, 0.2) is 0 Å². The van der Waals surface area contributed by atoms with E-state index in [9.17, 15) is 9.59 Å². The van der Waals surface area contributed by atoms with Gasteiger partial charge in [0.05, 0.1) is 5.56 Å². The number of carbonyl (C=O) groups excluding carboxylic acids is 2. The first kappa shape index (κ1) is 23.4. The Morgan fingerprint density at radius 1 is 1.03 bits per heavy atom. The van der Waals surface area contributed by atoms with E-state index in [4.69, 9.17) is 0 Å². The number of amides is 2. The maximum Gasteiger partial charge on any atom is 0.255 e. The summed E-state index contributed by atoms with van der Waals surface area (Å²) in [6, 6.07) is 7.75. The first-order chi connectivity index (χ1) is 16.1. The van der Waals surface area contributed by atoms with Crippen LogP contribution in [0.25, 0.3) is 0 Å². The average molecular weight is 450 g/mol. The van der Waals surface area contributed by atoms with Gasteiger partial charge in [-0.15, -0.1) is 0 Å². The van der Waals surface area contributed by atoms with Crippen LogP contribution in [-0.2, 0) is 11.3 Å². The normalized spacial score (nSPS) is 20.2. The van der Waals surface area contributed by atoms with Gasteiger partial charge in [-0.1, -0.05) is 19.3 Å². The molecule has 3 heterocycles. The lowest BCUT2D eigenvalue weighted by Crippen LogP contribution is -2.52. The summed E-state index contributed by atoms with van der Waals surface area (Å²) in [6.45, 7) is 5.16. The average Bonchev–Trinajstić information content (AvgIpc) is 2.85. The number of hydrogen-bond acceptors (Lipinski definition) is 5. The molecule has 1 saturated heterocycles. The molecule has 4 rings (SSSR count). The quantitative estimate of drug-likeness (QED) is 0.778. The van der Waals surface area contributed by atoms with Crippen molar-refractivity contribution in [3.63, 3.8) is 0 Å². The van der Waals surface area contributed by atoms with Crippen molar-refractivity contribution in [1.82, 2.24) is 25.1 Å². The smallest absolute Gasteiger partial charge is 0.255 e. The van der Waals surface area contributed by atoms with E-state index in [0.717, 1.165) is 50.9 Å². The Balaban J connectivity index is 1.57. The molecule has 176 valence electrons. The molecule has 2 amide bonds. The standard InChI is InChI=1S/C26H35N5O2/c1-21-23(7-5-12-28-21)25(33)30-16-6-17-31(20-22-8-13-27-14-9-22)26(10-3-2-4-11-26)19-24(32)29-15-18-30/h5,7-9,12-14H,2-4,6,10-11,15-20H2,1H3,(H,29,32). The summed E-state index contributed by atoms with van der Waals surface area (Å²) in [4.78, 5) is 39.1. The van der Waals surface area contributed by atoms with Crippen LogP contribution in [0.5, 0.6) is 0 Å². The van der Waals surface area contributed by atoms with Gasteiger partial charge in [0, 0.05) is 69.0 Å². The van der Waals surface area contributed by atoms with Gasteiger partial charge in [0.1, 0.15) is 0 Å². The SMILES string of the molecule is Cc1ncccc1C(=O)N1CCCN(Cc2ccncc2)C2(CCCCC2)CC(=O)NCC1. The molecule has 7 heteroatoms. The van der Waals surface area contributed by atoms with Crippen LogP contribution in [0, 0.1) is 6.92 Å². The molecule has 2 aromatic heterocycles. The highest BCUT2D eigenvalue weighted by Gasteiger charge is 2.40. The second-order valence-corrected chi connectivity index (χ2v) is 9.37. The van der Waals surface area contributed by atoms with Crippen molar-refractivity contribution in [3.05, 3.63) is 59.7 Å². The summed E-state index contributed by atoms with van der Waals surface area (Å²) in [5, 5.41) is 3.10. The Morgan fingerprint density at radius 2 is 1.82 bits per heavy atom. The maximum absolute atomic E-state index is 13.3. The molecule has 0 bridgehead atoms. The molecule has 33 heavy (non-hydrogen) atoms. The van der Waals surface area contributed by atoms with E-state index in [1.165, 1.54) is 12.0 Å². The summed E-state index contributed by atoms with van der Waals surface area (Å²) < 4.78 is 0. The Kier molecular flexibility index (Phi) is 7.70. The number of aryl methyl sites for hydroxylation is 1. The van der Waals surface area contributed by atoms with E-state index >= 15 is 0 Å². The van der Waals surface area contributed by atoms with E-state index in [2.05, 4.69) is 32.3 Å². The second-order valence-electron chi connectivity index (χ2n) is 9.37. The lowest BCUT2D eigenvalue weighted by atomic mass is 9.77. The van der Waals surface area contributed by atoms with E-state index in [1.54, 1.807) is 12.3 Å². The predicted octanol–water partition coefficient (Wildman–Crippen LogP) is 3.34. The van der Waals surface area contributed by atoms with Crippen molar-refractivity contribution >= 4 is 11.8 Å². The monoisotopic (exact) mass is 449 g/mol. The van der Waals surface area contributed by atoms with Crippen molar-refractivity contribution in [1.29, 1.82) is 0 Å². The fourth-order valence-electron chi connectivity index (χ4n) is 5.35. The molecule has 0 radical (unpaired) electrons. The highest BCUT2D eigenvalue weighted by molar-refractivity contribution is 5.95. The molecule has 2 aliphatic rings. The molecule has 1 spiro atoms. The minimum atomic E-state index is -0.120. The van der Waals surface area contributed by atoms with E-state index in [0.29, 0.717) is 31.6 Å². The van der Waals surface area contributed by atoms with Gasteiger partial charge in [-0.3, -0.25) is 24.5 Å². The molecule has 1 N–H and O–H groups in total. The molecule has 1 saturated carbocycles. The number of aromatic nitrogens is 2. The van der Waals surface area contributed by atoms with Crippen molar-refractivity contribution < 1.29 is 9.59 Å². The minimum absolute atomic E-state index is 0.0119. The molecule has 1 aliphatic carbocycles. The first-order valence-corrected chi connectivity index (χ1v) is 12.2. The van der Waals surface area contributed by atoms with Gasteiger partial charge in [0.2, 0.25) is 5.91 Å². The Labute approximate surface area is 196 Å². The Hall–Kier alpha value is -2.80. The topological polar surface area (TPSA) is 78.4 Å². The number of nitrogens with one attached hydrogen (secondary N) is 1. The summed E-state index contributed by atoms with van der Waals surface area (Å²) >= 11 is 0. The van der Waals surface area contributed by atoms with Gasteiger partial charge in [-0.25, -0.2) is 0 Å². The van der Waals surface area contributed by atoms with Gasteiger partial charge >= 0.3 is 0 Å². The van der Waals surface area contributed by atoms with Gasteiger partial charge in [-0.2, -0.15) is 0 Å². The zero-order valence-electron chi connectivity index (χ0n) is 19.6. The lowest BCUT2D eigenvalue weighted by Gasteiger charge is -2.46. The van der Waals surface area contributed by atoms with Gasteiger partial charge < -0.3 is 10.2 Å². The zero-order chi connectivity index (χ0) is 23.1. The molecule has 0 aromatic carbocycles. The fourth-order valence-corrected chi connectivity index (χ4v) is 5.35. The van der Waals surface area contributed by atoms with Crippen LogP contribution in [0.2, 0.25) is 0 Å². The van der Waals surface area contributed by atoms with Crippen LogP contribution >= 0.6 is 0 Å². The molecule has 1 aliphatic heterocycles. The van der Waals surface area contributed by atoms with Crippen molar-refractivity contribution in [3.8, 4) is 0 Å². The first-order valence-electron chi connectivity index (χ1n) is 12.2. The molecular formula is C26H35N5O2. The molecule has 7 nitrogen and oxygen atoms in total. The Morgan fingerprint density at radius 3 is 2.58 bits per heavy atom. The Bertz CT molecular complexity index is 943. The molecule has 2 aromatic rings. The van der Waals surface area contributed by atoms with Crippen LogP contribution in [0.1, 0.15) is 66.6 Å². The number of rotatable bonds is 3. The maximum atomic E-state index is 13.3. The van der Waals surface area contributed by atoms with Crippen LogP contribution in [0.3, 0.4) is 0 Å². The third-order valence-corrected chi connectivity index (χ3v) is 7.15. The van der Waals surface area contributed by atoms with E-state index in [-0.39, 0.29) is 17.4 Å². The number of hydrogen-bond donors (Lipinski definition) is 1. The summed E-state index contributed by atoms with van der Waals surface area (Å²) in [6.07, 6.45) is 12.4. The minimum Gasteiger partial charge on any atom is -0.354 e. The lowest BCUT2D eigenvalue weighted by molar-refractivity contribution is -0.125. The third kappa shape index (κ3) is 5.77. The summed E-state index contributed by atoms with van der Waals surface area (Å²) in [5.74, 6) is 0.0747. The summed E-state index contributed by atoms with van der Waals surface area (Å²) in [5.41, 5.74) is 2.46.